The van der Waals surface area contributed by atoms with Crippen molar-refractivity contribution in [3.05, 3.63) is 29.8 Å². The molecule has 0 aromatic heterocycles. The van der Waals surface area contributed by atoms with Crippen molar-refractivity contribution in [2.45, 2.75) is 26.8 Å². The smallest absolute Gasteiger partial charge is 0.0635 e. The van der Waals surface area contributed by atoms with Crippen molar-refractivity contribution in [1.29, 1.82) is 5.26 Å². The number of rotatable bonds is 7. The Labute approximate surface area is 134 Å². The molecule has 0 atom stereocenters. The van der Waals surface area contributed by atoms with Crippen molar-refractivity contribution in [3.63, 3.8) is 0 Å². The Balaban J connectivity index is 1.81. The lowest BCUT2D eigenvalue weighted by Crippen LogP contribution is -2.46. The van der Waals surface area contributed by atoms with Crippen LogP contribution in [0.4, 0.5) is 5.69 Å². The van der Waals surface area contributed by atoms with Gasteiger partial charge in [0.25, 0.3) is 0 Å². The van der Waals surface area contributed by atoms with Crippen LogP contribution in [0.1, 0.15) is 25.8 Å². The Morgan fingerprint density at radius 1 is 1.00 bits per heavy atom. The fourth-order valence-corrected chi connectivity index (χ4v) is 3.04. The van der Waals surface area contributed by atoms with Crippen LogP contribution in [0.5, 0.6) is 0 Å². The minimum atomic E-state index is 0.646. The van der Waals surface area contributed by atoms with Crippen LogP contribution in [0.3, 0.4) is 0 Å². The maximum absolute atomic E-state index is 8.65. The summed E-state index contributed by atoms with van der Waals surface area (Å²) in [5.41, 5.74) is 2.71. The standard InChI is InChI=1S/C18H28N4/c1-3-22(4-2)18-8-6-17(7-9-18)16-21-14-12-20(13-15-21)11-5-10-19/h6-9H,3-5,11-16H2,1-2H3. The summed E-state index contributed by atoms with van der Waals surface area (Å²) in [5, 5.41) is 8.65. The van der Waals surface area contributed by atoms with Gasteiger partial charge in [-0.2, -0.15) is 5.26 Å². The molecule has 0 N–H and O–H groups in total. The second kappa shape index (κ2) is 8.77. The fourth-order valence-electron chi connectivity index (χ4n) is 3.04. The van der Waals surface area contributed by atoms with Gasteiger partial charge in [-0.1, -0.05) is 12.1 Å². The van der Waals surface area contributed by atoms with Crippen molar-refractivity contribution in [2.24, 2.45) is 0 Å². The minimum Gasteiger partial charge on any atom is -0.372 e. The average molecular weight is 300 g/mol. The Hall–Kier alpha value is -1.57. The predicted octanol–water partition coefficient (Wildman–Crippen LogP) is 2.56. The van der Waals surface area contributed by atoms with Crippen LogP contribution >= 0.6 is 0 Å². The number of anilines is 1. The molecule has 0 radical (unpaired) electrons. The highest BCUT2D eigenvalue weighted by molar-refractivity contribution is 5.47. The highest BCUT2D eigenvalue weighted by Gasteiger charge is 2.16. The molecule has 0 amide bonds. The molecular weight excluding hydrogens is 272 g/mol. The van der Waals surface area contributed by atoms with Crippen LogP contribution in [0.25, 0.3) is 0 Å². The van der Waals surface area contributed by atoms with E-state index in [1.165, 1.54) is 11.3 Å². The second-order valence-corrected chi connectivity index (χ2v) is 5.86. The molecule has 4 nitrogen and oxygen atoms in total. The minimum absolute atomic E-state index is 0.646. The molecule has 0 unspecified atom stereocenters. The van der Waals surface area contributed by atoms with Crippen LogP contribution < -0.4 is 4.90 Å². The summed E-state index contributed by atoms with van der Waals surface area (Å²) in [4.78, 5) is 7.27. The molecule has 0 spiro atoms. The Kier molecular flexibility index (Phi) is 6.70. The fraction of sp³-hybridized carbons (Fsp3) is 0.611. The van der Waals surface area contributed by atoms with E-state index in [0.717, 1.165) is 52.4 Å². The van der Waals surface area contributed by atoms with Crippen molar-refractivity contribution >= 4 is 5.69 Å². The van der Waals surface area contributed by atoms with Gasteiger partial charge in [0.2, 0.25) is 0 Å². The van der Waals surface area contributed by atoms with Crippen LogP contribution in [-0.4, -0.2) is 55.6 Å². The molecule has 1 fully saturated rings. The number of piperazine rings is 1. The number of nitriles is 1. The molecule has 1 aromatic carbocycles. The molecule has 1 heterocycles. The summed E-state index contributed by atoms with van der Waals surface area (Å²) in [5.74, 6) is 0. The van der Waals surface area contributed by atoms with Crippen molar-refractivity contribution in [1.82, 2.24) is 9.80 Å². The van der Waals surface area contributed by atoms with Gasteiger partial charge >= 0.3 is 0 Å². The third kappa shape index (κ3) is 4.72. The van der Waals surface area contributed by atoms with Crippen LogP contribution in [0, 0.1) is 11.3 Å². The zero-order chi connectivity index (χ0) is 15.8. The highest BCUT2D eigenvalue weighted by Crippen LogP contribution is 2.16. The summed E-state index contributed by atoms with van der Waals surface area (Å²) >= 11 is 0. The van der Waals surface area contributed by atoms with Gasteiger partial charge in [-0.15, -0.1) is 0 Å². The maximum Gasteiger partial charge on any atom is 0.0635 e. The molecular formula is C18H28N4. The monoisotopic (exact) mass is 300 g/mol. The molecule has 0 saturated carbocycles. The lowest BCUT2D eigenvalue weighted by atomic mass is 10.1. The molecule has 2 rings (SSSR count). The first-order chi connectivity index (χ1) is 10.8. The molecule has 0 aliphatic carbocycles. The average Bonchev–Trinajstić information content (AvgIpc) is 2.57. The number of nitrogens with zero attached hydrogens (tertiary/aromatic N) is 4. The van der Waals surface area contributed by atoms with E-state index in [0.29, 0.717) is 6.42 Å². The third-order valence-corrected chi connectivity index (χ3v) is 4.48. The van der Waals surface area contributed by atoms with Crippen molar-refractivity contribution in [2.75, 3.05) is 50.7 Å². The lowest BCUT2D eigenvalue weighted by molar-refractivity contribution is 0.129. The van der Waals surface area contributed by atoms with Gasteiger partial charge in [0.15, 0.2) is 0 Å². The van der Waals surface area contributed by atoms with Gasteiger partial charge in [0, 0.05) is 64.5 Å². The SMILES string of the molecule is CCN(CC)c1ccc(CN2CCN(CCC#N)CC2)cc1. The van der Waals surface area contributed by atoms with Crippen molar-refractivity contribution in [3.8, 4) is 6.07 Å². The molecule has 22 heavy (non-hydrogen) atoms. The zero-order valence-electron chi connectivity index (χ0n) is 14.0. The Morgan fingerprint density at radius 2 is 1.59 bits per heavy atom. The Bertz CT molecular complexity index is 465. The van der Waals surface area contributed by atoms with Gasteiger partial charge in [0.05, 0.1) is 6.07 Å². The third-order valence-electron chi connectivity index (χ3n) is 4.48. The van der Waals surface area contributed by atoms with E-state index >= 15 is 0 Å². The summed E-state index contributed by atoms with van der Waals surface area (Å²) in [6.07, 6.45) is 0.646. The van der Waals surface area contributed by atoms with Gasteiger partial charge in [-0.25, -0.2) is 0 Å². The van der Waals surface area contributed by atoms with Crippen LogP contribution in [-0.2, 0) is 6.54 Å². The van der Waals surface area contributed by atoms with E-state index in [2.05, 4.69) is 58.9 Å². The van der Waals surface area contributed by atoms with E-state index in [9.17, 15) is 0 Å². The van der Waals surface area contributed by atoms with E-state index < -0.39 is 0 Å². The molecule has 1 aromatic rings. The maximum atomic E-state index is 8.65. The zero-order valence-corrected chi connectivity index (χ0v) is 14.0. The van der Waals surface area contributed by atoms with E-state index in [1.54, 1.807) is 0 Å². The molecule has 1 saturated heterocycles. The summed E-state index contributed by atoms with van der Waals surface area (Å²) in [7, 11) is 0. The van der Waals surface area contributed by atoms with E-state index in [-0.39, 0.29) is 0 Å². The first-order valence-corrected chi connectivity index (χ1v) is 8.42. The molecule has 1 aliphatic rings. The molecule has 120 valence electrons. The predicted molar refractivity (Wildman–Crippen MR) is 92.0 cm³/mol. The topological polar surface area (TPSA) is 33.5 Å². The van der Waals surface area contributed by atoms with Crippen molar-refractivity contribution < 1.29 is 0 Å². The van der Waals surface area contributed by atoms with Crippen LogP contribution in [0.15, 0.2) is 24.3 Å². The summed E-state index contributed by atoms with van der Waals surface area (Å²) < 4.78 is 0. The largest absolute Gasteiger partial charge is 0.372 e. The van der Waals surface area contributed by atoms with E-state index in [4.69, 9.17) is 5.26 Å². The van der Waals surface area contributed by atoms with Gasteiger partial charge in [-0.05, 0) is 31.5 Å². The second-order valence-electron chi connectivity index (χ2n) is 5.86. The van der Waals surface area contributed by atoms with Gasteiger partial charge in [-0.3, -0.25) is 9.80 Å². The highest BCUT2D eigenvalue weighted by atomic mass is 15.3. The molecule has 0 bridgehead atoms. The first kappa shape index (κ1) is 16.8. The Morgan fingerprint density at radius 3 is 2.14 bits per heavy atom. The molecule has 4 heteroatoms. The lowest BCUT2D eigenvalue weighted by Gasteiger charge is -2.34. The number of hydrogen-bond acceptors (Lipinski definition) is 4. The summed E-state index contributed by atoms with van der Waals surface area (Å²) in [6.45, 7) is 12.8. The van der Waals surface area contributed by atoms with Gasteiger partial charge in [0.1, 0.15) is 0 Å². The quantitative estimate of drug-likeness (QED) is 0.775. The van der Waals surface area contributed by atoms with Gasteiger partial charge < -0.3 is 4.90 Å². The first-order valence-electron chi connectivity index (χ1n) is 8.42. The van der Waals surface area contributed by atoms with E-state index in [1.807, 2.05) is 0 Å². The summed E-state index contributed by atoms with van der Waals surface area (Å²) in [6, 6.07) is 11.2. The normalized spacial score (nSPS) is 16.4. The molecule has 1 aliphatic heterocycles. The number of hydrogen-bond donors (Lipinski definition) is 0. The number of benzene rings is 1. The van der Waals surface area contributed by atoms with Crippen LogP contribution in [0.2, 0.25) is 0 Å².